The molecule has 2 rings (SSSR count). The highest BCUT2D eigenvalue weighted by atomic mass is 35.6. The van der Waals surface area contributed by atoms with E-state index in [9.17, 15) is 0 Å². The van der Waals surface area contributed by atoms with Crippen molar-refractivity contribution in [2.24, 2.45) is 0 Å². The fourth-order valence-corrected chi connectivity index (χ4v) is 3.00. The molecule has 0 atom stereocenters. The van der Waals surface area contributed by atoms with E-state index in [-0.39, 0.29) is 0 Å². The van der Waals surface area contributed by atoms with Crippen LogP contribution in [0.5, 0.6) is 0 Å². The van der Waals surface area contributed by atoms with Gasteiger partial charge in [-0.25, -0.2) is 0 Å². The second-order valence-electron chi connectivity index (χ2n) is 4.61. The molecule has 0 amide bonds. The van der Waals surface area contributed by atoms with Gasteiger partial charge in [0.1, 0.15) is 0 Å². The molecule has 0 aliphatic carbocycles. The van der Waals surface area contributed by atoms with Crippen molar-refractivity contribution < 1.29 is 0 Å². The van der Waals surface area contributed by atoms with Crippen molar-refractivity contribution in [2.45, 2.75) is 7.59 Å². The third kappa shape index (κ3) is 4.00. The van der Waals surface area contributed by atoms with Crippen molar-refractivity contribution in [1.29, 1.82) is 0 Å². The maximum atomic E-state index is 6.04. The molecule has 2 aromatic carbocycles. The fraction of sp³-hybridized carbons (Fsp3) is 0.143. The Labute approximate surface area is 158 Å². The van der Waals surface area contributed by atoms with Gasteiger partial charge in [-0.3, -0.25) is 0 Å². The van der Waals surface area contributed by atoms with E-state index in [0.717, 1.165) is 0 Å². The number of alkyl halides is 6. The second-order valence-corrected chi connectivity index (χ2v) is 9.17. The molecular weight excluding hydrogens is 409 g/mol. The molecule has 0 aliphatic heterocycles. The normalized spacial score (nSPS) is 12.5. The van der Waals surface area contributed by atoms with Crippen LogP contribution in [0.25, 0.3) is 11.1 Å². The Balaban J connectivity index is 2.78. The zero-order valence-electron chi connectivity index (χ0n) is 10.9. The van der Waals surface area contributed by atoms with Crippen LogP contribution >= 0.6 is 69.6 Å². The molecule has 2 nitrogen and oxygen atoms in total. The molecular formula is C14H10Cl6N2. The maximum Gasteiger partial charge on any atom is 0.216 e. The number of hydrogen-bond acceptors (Lipinski definition) is 2. The zero-order chi connectivity index (χ0) is 16.7. The van der Waals surface area contributed by atoms with Gasteiger partial charge in [0, 0.05) is 22.5 Å². The Morgan fingerprint density at radius 3 is 1.18 bits per heavy atom. The van der Waals surface area contributed by atoms with Gasteiger partial charge < -0.3 is 11.5 Å². The summed E-state index contributed by atoms with van der Waals surface area (Å²) in [6.07, 6.45) is 0. The molecule has 0 unspecified atom stereocenters. The van der Waals surface area contributed by atoms with Gasteiger partial charge >= 0.3 is 0 Å². The van der Waals surface area contributed by atoms with Crippen molar-refractivity contribution in [3.8, 4) is 11.1 Å². The predicted molar refractivity (Wildman–Crippen MR) is 99.2 cm³/mol. The Morgan fingerprint density at radius 1 is 0.591 bits per heavy atom. The maximum absolute atomic E-state index is 6.04. The minimum absolute atomic E-state index is 0.387. The number of hydrogen-bond donors (Lipinski definition) is 2. The van der Waals surface area contributed by atoms with E-state index in [4.69, 9.17) is 81.1 Å². The molecule has 0 saturated heterocycles. The van der Waals surface area contributed by atoms with Crippen LogP contribution in [0.3, 0.4) is 0 Å². The van der Waals surface area contributed by atoms with Gasteiger partial charge in [0.2, 0.25) is 7.59 Å². The van der Waals surface area contributed by atoms with Crippen LogP contribution in [0.1, 0.15) is 11.1 Å². The average molecular weight is 419 g/mol. The van der Waals surface area contributed by atoms with Crippen LogP contribution < -0.4 is 11.5 Å². The Kier molecular flexibility index (Phi) is 5.23. The predicted octanol–water partition coefficient (Wildman–Crippen LogP) is 6.17. The van der Waals surface area contributed by atoms with E-state index in [0.29, 0.717) is 33.6 Å². The van der Waals surface area contributed by atoms with Gasteiger partial charge in [-0.2, -0.15) is 0 Å². The van der Waals surface area contributed by atoms with Gasteiger partial charge in [0.25, 0.3) is 0 Å². The molecule has 0 fully saturated rings. The van der Waals surface area contributed by atoms with Gasteiger partial charge in [0.15, 0.2) is 0 Å². The summed E-state index contributed by atoms with van der Waals surface area (Å²) in [5, 5.41) is 0. The van der Waals surface area contributed by atoms with Gasteiger partial charge in [-0.15, -0.1) is 0 Å². The minimum Gasteiger partial charge on any atom is -0.399 e. The van der Waals surface area contributed by atoms with Crippen LogP contribution in [-0.2, 0) is 7.59 Å². The van der Waals surface area contributed by atoms with E-state index in [1.165, 1.54) is 0 Å². The molecule has 0 aliphatic rings. The lowest BCUT2D eigenvalue weighted by atomic mass is 9.95. The van der Waals surface area contributed by atoms with Crippen LogP contribution in [0.15, 0.2) is 36.4 Å². The lowest BCUT2D eigenvalue weighted by molar-refractivity contribution is 1.21. The number of rotatable bonds is 1. The average Bonchev–Trinajstić information content (AvgIpc) is 2.37. The molecule has 8 heteroatoms. The molecule has 0 aromatic heterocycles. The zero-order valence-corrected chi connectivity index (χ0v) is 15.4. The summed E-state index contributed by atoms with van der Waals surface area (Å²) in [7, 11) is 0. The topological polar surface area (TPSA) is 52.0 Å². The highest BCUT2D eigenvalue weighted by Gasteiger charge is 2.31. The molecule has 0 bridgehead atoms. The summed E-state index contributed by atoms with van der Waals surface area (Å²) in [5.74, 6) is 0. The molecule has 22 heavy (non-hydrogen) atoms. The molecule has 2 aromatic rings. The number of halogens is 6. The molecule has 0 heterocycles. The summed E-state index contributed by atoms with van der Waals surface area (Å²) >= 11 is 36.2. The fourth-order valence-electron chi connectivity index (χ4n) is 2.06. The van der Waals surface area contributed by atoms with E-state index >= 15 is 0 Å². The van der Waals surface area contributed by atoms with E-state index in [1.807, 2.05) is 0 Å². The standard InChI is InChI=1S/C14H10Cl6N2/c15-13(16,17)11-5-7(21)1-3-9(11)10-4-2-8(22)6-12(10)14(18,19)20/h1-6H,21-22H2. The Morgan fingerprint density at radius 2 is 0.909 bits per heavy atom. The van der Waals surface area contributed by atoms with Crippen molar-refractivity contribution in [2.75, 3.05) is 11.5 Å². The molecule has 0 radical (unpaired) electrons. The first-order valence-corrected chi connectivity index (χ1v) is 8.21. The quantitative estimate of drug-likeness (QED) is 0.429. The number of nitrogens with two attached hydrogens (primary N) is 2. The summed E-state index contributed by atoms with van der Waals surface area (Å²) in [5.41, 5.74) is 14.4. The van der Waals surface area contributed by atoms with Gasteiger partial charge in [0.05, 0.1) is 0 Å². The Bertz CT molecular complexity index is 642. The smallest absolute Gasteiger partial charge is 0.216 e. The first-order chi connectivity index (χ1) is 10.00. The SMILES string of the molecule is Nc1ccc(-c2ccc(N)cc2C(Cl)(Cl)Cl)c(C(Cl)(Cl)Cl)c1. The van der Waals surface area contributed by atoms with E-state index in [1.54, 1.807) is 36.4 Å². The van der Waals surface area contributed by atoms with Crippen LogP contribution in [-0.4, -0.2) is 0 Å². The van der Waals surface area contributed by atoms with E-state index < -0.39 is 7.59 Å². The highest BCUT2D eigenvalue weighted by molar-refractivity contribution is 6.67. The number of nitrogen functional groups attached to an aromatic ring is 2. The molecule has 4 N–H and O–H groups in total. The third-order valence-electron chi connectivity index (χ3n) is 2.99. The highest BCUT2D eigenvalue weighted by Crippen LogP contribution is 2.48. The summed E-state index contributed by atoms with van der Waals surface area (Å²) < 4.78 is -3.37. The van der Waals surface area contributed by atoms with Crippen LogP contribution in [0, 0.1) is 0 Å². The van der Waals surface area contributed by atoms with Crippen molar-refractivity contribution in [3.63, 3.8) is 0 Å². The first kappa shape index (κ1) is 18.1. The number of benzene rings is 2. The van der Waals surface area contributed by atoms with Crippen molar-refractivity contribution in [3.05, 3.63) is 47.5 Å². The van der Waals surface area contributed by atoms with Crippen molar-refractivity contribution in [1.82, 2.24) is 0 Å². The van der Waals surface area contributed by atoms with Crippen LogP contribution in [0.2, 0.25) is 0 Å². The second kappa shape index (κ2) is 6.35. The van der Waals surface area contributed by atoms with E-state index in [2.05, 4.69) is 0 Å². The van der Waals surface area contributed by atoms with Gasteiger partial charge in [-0.05, 0) is 35.4 Å². The first-order valence-electron chi connectivity index (χ1n) is 5.94. The van der Waals surface area contributed by atoms with Crippen molar-refractivity contribution >= 4 is 81.0 Å². The molecule has 0 saturated carbocycles. The summed E-state index contributed by atoms with van der Waals surface area (Å²) in [4.78, 5) is 0. The summed E-state index contributed by atoms with van der Waals surface area (Å²) in [6.45, 7) is 0. The number of anilines is 2. The molecule has 118 valence electrons. The van der Waals surface area contributed by atoms with Crippen LogP contribution in [0.4, 0.5) is 11.4 Å². The monoisotopic (exact) mass is 416 g/mol. The lowest BCUT2D eigenvalue weighted by Crippen LogP contribution is -2.08. The molecule has 0 spiro atoms. The minimum atomic E-state index is -1.68. The largest absolute Gasteiger partial charge is 0.399 e. The third-order valence-corrected chi connectivity index (χ3v) is 4.21. The lowest BCUT2D eigenvalue weighted by Gasteiger charge is -2.22. The summed E-state index contributed by atoms with van der Waals surface area (Å²) in [6, 6.07) is 9.90. The Hall–Kier alpha value is -0.220. The van der Waals surface area contributed by atoms with Gasteiger partial charge in [-0.1, -0.05) is 81.7 Å².